The first-order chi connectivity index (χ1) is 32.8. The maximum Gasteiger partial charge on any atom is 0.472 e. The van der Waals surface area contributed by atoms with Gasteiger partial charge in [-0.1, -0.05) is 178 Å². The van der Waals surface area contributed by atoms with E-state index in [1.165, 1.54) is 96.3 Å². The van der Waals surface area contributed by atoms with Crippen LogP contribution in [-0.4, -0.2) is 84.5 Å². The smallest absolute Gasteiger partial charge is 0.466 e. The Labute approximate surface area is 416 Å². The Hall–Kier alpha value is -3.30. The average Bonchev–Trinajstić information content (AvgIpc) is 3.74. The lowest BCUT2D eigenvalue weighted by atomic mass is 9.98. The van der Waals surface area contributed by atoms with Crippen LogP contribution in [0.1, 0.15) is 205 Å². The molecular formula is C51H87BrN5O10P. The van der Waals surface area contributed by atoms with Crippen molar-refractivity contribution in [3.05, 3.63) is 34.4 Å². The molecule has 0 spiro atoms. The summed E-state index contributed by atoms with van der Waals surface area (Å²) in [5.41, 5.74) is 1.15. The van der Waals surface area contributed by atoms with E-state index >= 15 is 0 Å². The molecule has 17 heteroatoms. The summed E-state index contributed by atoms with van der Waals surface area (Å²) in [7, 11) is -4.76. The zero-order chi connectivity index (χ0) is 49.8. The van der Waals surface area contributed by atoms with Crippen molar-refractivity contribution in [2.75, 3.05) is 32.9 Å². The van der Waals surface area contributed by atoms with Crippen LogP contribution >= 0.6 is 23.8 Å². The zero-order valence-corrected chi connectivity index (χ0v) is 44.4. The lowest BCUT2D eigenvalue weighted by Crippen LogP contribution is -2.50. The highest BCUT2D eigenvalue weighted by atomic mass is 79.9. The standard InChI is InChI=1S/C51H87BrN5O10P/c1-5-8-10-12-14-16-17-18-19-21-22-24-26-29-46(58)56-45(50(61)53-33-28-35-65-47(59)30-27-25-23-20-15-13-11-9-6-2)39-67-68(63,64)66-36-34-54-51(62)48(40(4)7-3)57-49(60)43-38-55-44-32-31-41(52)37-42(43)44/h31-32,37-38,40,45,48,55H,5-30,33-36,39H2,1-4H3,(H,53,61)(H,54,62)(H,56,58)(H,57,60)(H,63,64)/t40-,45-,48-/m0/s1. The number of hydrogen-bond acceptors (Lipinski definition) is 9. The summed E-state index contributed by atoms with van der Waals surface area (Å²) in [4.78, 5) is 78.7. The van der Waals surface area contributed by atoms with Crippen LogP contribution in [0.4, 0.5) is 0 Å². The van der Waals surface area contributed by atoms with Crippen molar-refractivity contribution < 1.29 is 47.2 Å². The van der Waals surface area contributed by atoms with Gasteiger partial charge in [0.05, 0.1) is 25.4 Å². The molecule has 0 bridgehead atoms. The number of aromatic amines is 1. The Bertz CT molecular complexity index is 1780. The van der Waals surface area contributed by atoms with Gasteiger partial charge in [0, 0.05) is 47.5 Å². The third kappa shape index (κ3) is 27.8. The van der Waals surface area contributed by atoms with Gasteiger partial charge in [-0.2, -0.15) is 0 Å². The number of aromatic nitrogens is 1. The van der Waals surface area contributed by atoms with Crippen molar-refractivity contribution >= 4 is 64.3 Å². The number of phosphoric acid groups is 1. The van der Waals surface area contributed by atoms with Gasteiger partial charge in [0.25, 0.3) is 5.91 Å². The zero-order valence-electron chi connectivity index (χ0n) is 41.9. The number of nitrogens with one attached hydrogen (secondary N) is 5. The summed E-state index contributed by atoms with van der Waals surface area (Å²) in [5.74, 6) is -2.47. The molecule has 388 valence electrons. The van der Waals surface area contributed by atoms with E-state index in [1.807, 2.05) is 32.0 Å². The van der Waals surface area contributed by atoms with E-state index in [2.05, 4.69) is 56.0 Å². The summed E-state index contributed by atoms with van der Waals surface area (Å²) in [5, 5.41) is 11.5. The Kier molecular flexibility index (Phi) is 33.6. The average molecular weight is 1040 g/mol. The first kappa shape index (κ1) is 60.8. The van der Waals surface area contributed by atoms with Crippen LogP contribution in [0.15, 0.2) is 28.9 Å². The Morgan fingerprint density at radius 3 is 1.79 bits per heavy atom. The minimum atomic E-state index is -4.76. The third-order valence-electron chi connectivity index (χ3n) is 12.3. The van der Waals surface area contributed by atoms with Gasteiger partial charge in [0.15, 0.2) is 0 Å². The van der Waals surface area contributed by atoms with Gasteiger partial charge in [-0.25, -0.2) is 4.57 Å². The predicted octanol–water partition coefficient (Wildman–Crippen LogP) is 11.3. The molecule has 0 aliphatic rings. The van der Waals surface area contributed by atoms with Gasteiger partial charge < -0.3 is 35.9 Å². The Morgan fingerprint density at radius 1 is 0.676 bits per heavy atom. The van der Waals surface area contributed by atoms with Crippen molar-refractivity contribution in [2.45, 2.75) is 207 Å². The second-order valence-electron chi connectivity index (χ2n) is 18.2. The first-order valence-corrected chi connectivity index (χ1v) is 28.3. The molecule has 0 saturated heterocycles. The molecule has 1 unspecified atom stereocenters. The number of fused-ring (bicyclic) bond motifs is 1. The molecule has 1 aromatic carbocycles. The number of halogens is 1. The van der Waals surface area contributed by atoms with E-state index < -0.39 is 50.8 Å². The fourth-order valence-corrected chi connectivity index (χ4v) is 8.95. The Morgan fingerprint density at radius 2 is 1.22 bits per heavy atom. The fraction of sp³-hybridized carbons (Fsp3) is 0.745. The number of ether oxygens (including phenoxy) is 1. The number of phosphoric ester groups is 1. The van der Waals surface area contributed by atoms with Crippen molar-refractivity contribution in [1.82, 2.24) is 26.3 Å². The van der Waals surface area contributed by atoms with E-state index in [1.54, 1.807) is 6.20 Å². The van der Waals surface area contributed by atoms with Gasteiger partial charge >= 0.3 is 13.8 Å². The van der Waals surface area contributed by atoms with Gasteiger partial charge in [-0.3, -0.25) is 33.0 Å². The van der Waals surface area contributed by atoms with E-state index in [4.69, 9.17) is 13.8 Å². The summed E-state index contributed by atoms with van der Waals surface area (Å²) >= 11 is 3.43. The number of carbonyl (C=O) groups excluding carboxylic acids is 5. The van der Waals surface area contributed by atoms with Crippen LogP contribution in [0.25, 0.3) is 10.9 Å². The Balaban J connectivity index is 1.83. The highest BCUT2D eigenvalue weighted by molar-refractivity contribution is 9.10. The molecule has 1 heterocycles. The predicted molar refractivity (Wildman–Crippen MR) is 274 cm³/mol. The van der Waals surface area contributed by atoms with Gasteiger partial charge in [-0.15, -0.1) is 0 Å². The number of H-pyrrole nitrogens is 1. The summed E-state index contributed by atoms with van der Waals surface area (Å²) < 4.78 is 29.4. The van der Waals surface area contributed by atoms with Gasteiger partial charge in [0.2, 0.25) is 17.7 Å². The molecule has 2 aromatic rings. The number of unbranched alkanes of at least 4 members (excludes halogenated alkanes) is 20. The summed E-state index contributed by atoms with van der Waals surface area (Å²) in [6.07, 6.45) is 28.6. The van der Waals surface area contributed by atoms with Crippen molar-refractivity contribution in [3.63, 3.8) is 0 Å². The van der Waals surface area contributed by atoms with E-state index in [-0.39, 0.29) is 43.9 Å². The molecule has 6 N–H and O–H groups in total. The highest BCUT2D eigenvalue weighted by Crippen LogP contribution is 2.43. The maximum atomic E-state index is 13.3. The largest absolute Gasteiger partial charge is 0.472 e. The van der Waals surface area contributed by atoms with E-state index in [9.17, 15) is 33.4 Å². The molecule has 0 aliphatic carbocycles. The van der Waals surface area contributed by atoms with Crippen molar-refractivity contribution in [3.8, 4) is 0 Å². The van der Waals surface area contributed by atoms with E-state index in [0.717, 1.165) is 48.5 Å². The molecule has 15 nitrogen and oxygen atoms in total. The normalized spacial score (nSPS) is 13.6. The number of carbonyl (C=O) groups is 5. The quantitative estimate of drug-likeness (QED) is 0.0210. The minimum absolute atomic E-state index is 0.117. The van der Waals surface area contributed by atoms with Crippen LogP contribution in [0.2, 0.25) is 0 Å². The van der Waals surface area contributed by atoms with Crippen LogP contribution < -0.4 is 21.3 Å². The molecule has 0 fully saturated rings. The van der Waals surface area contributed by atoms with E-state index in [0.29, 0.717) is 36.6 Å². The molecule has 1 aromatic heterocycles. The molecule has 2 rings (SSSR count). The van der Waals surface area contributed by atoms with Crippen LogP contribution in [0.3, 0.4) is 0 Å². The van der Waals surface area contributed by atoms with Gasteiger partial charge in [0.1, 0.15) is 12.1 Å². The number of rotatable bonds is 42. The van der Waals surface area contributed by atoms with Crippen LogP contribution in [0.5, 0.6) is 0 Å². The van der Waals surface area contributed by atoms with Crippen molar-refractivity contribution in [2.24, 2.45) is 5.92 Å². The lowest BCUT2D eigenvalue weighted by molar-refractivity contribution is -0.143. The molecular weight excluding hydrogens is 953 g/mol. The SMILES string of the molecule is CCCCCCCCCCCCCCCC(=O)N[C@@H](COP(=O)(O)OCCNC(=O)[C@@H](NC(=O)c1c[nH]c2ccc(Br)cc12)[C@@H](C)CC)C(=O)NCCCOC(=O)CCCCCCCCCCC. The fourth-order valence-electron chi connectivity index (χ4n) is 7.85. The topological polar surface area (TPSA) is 214 Å². The molecule has 0 aliphatic heterocycles. The number of benzene rings is 1. The van der Waals surface area contributed by atoms with Crippen LogP contribution in [0, 0.1) is 5.92 Å². The van der Waals surface area contributed by atoms with Crippen LogP contribution in [-0.2, 0) is 37.5 Å². The molecule has 0 saturated carbocycles. The number of esters is 1. The molecule has 4 atom stereocenters. The third-order valence-corrected chi connectivity index (χ3v) is 13.7. The monoisotopic (exact) mass is 1040 g/mol. The molecule has 0 radical (unpaired) electrons. The second kappa shape index (κ2) is 37.5. The van der Waals surface area contributed by atoms with Gasteiger partial charge in [-0.05, 0) is 43.4 Å². The summed E-state index contributed by atoms with van der Waals surface area (Å²) in [6, 6.07) is 3.30. The first-order valence-electron chi connectivity index (χ1n) is 26.0. The maximum absolute atomic E-state index is 13.3. The molecule has 4 amide bonds. The summed E-state index contributed by atoms with van der Waals surface area (Å²) in [6.45, 7) is 7.17. The number of amides is 4. The van der Waals surface area contributed by atoms with Crippen molar-refractivity contribution in [1.29, 1.82) is 0 Å². The number of hydrogen-bond donors (Lipinski definition) is 6. The minimum Gasteiger partial charge on any atom is -0.466 e. The second-order valence-corrected chi connectivity index (χ2v) is 20.5. The highest BCUT2D eigenvalue weighted by Gasteiger charge is 2.30. The molecule has 68 heavy (non-hydrogen) atoms. The lowest BCUT2D eigenvalue weighted by Gasteiger charge is -2.23.